The lowest BCUT2D eigenvalue weighted by molar-refractivity contribution is 0.507. The van der Waals surface area contributed by atoms with Gasteiger partial charge in [0.1, 0.15) is 0 Å². The second-order valence-corrected chi connectivity index (χ2v) is 2.62. The molecule has 0 radical (unpaired) electrons. The van der Waals surface area contributed by atoms with Crippen LogP contribution in [0.1, 0.15) is 26.3 Å². The van der Waals surface area contributed by atoms with Gasteiger partial charge in [-0.05, 0) is 24.1 Å². The van der Waals surface area contributed by atoms with Crippen LogP contribution in [0.25, 0.3) is 0 Å². The summed E-state index contributed by atoms with van der Waals surface area (Å²) < 4.78 is 24.9. The molecule has 1 aromatic rings. The van der Waals surface area contributed by atoms with Crippen LogP contribution in [0.15, 0.2) is 12.1 Å². The molecule has 0 spiro atoms. The van der Waals surface area contributed by atoms with Gasteiger partial charge in [0.05, 0.1) is 0 Å². The van der Waals surface area contributed by atoms with Crippen LogP contribution in [-0.4, -0.2) is 0 Å². The van der Waals surface area contributed by atoms with E-state index in [0.29, 0.717) is 12.0 Å². The van der Waals surface area contributed by atoms with Gasteiger partial charge in [0.25, 0.3) is 0 Å². The van der Waals surface area contributed by atoms with Gasteiger partial charge < -0.3 is 0 Å². The molecule has 1 aromatic carbocycles. The highest BCUT2D eigenvalue weighted by Gasteiger charge is 2.05. The molecular formula is C10H13ClF2. The quantitative estimate of drug-likeness (QED) is 0.604. The summed E-state index contributed by atoms with van der Waals surface area (Å²) in [5, 5.41) is 0.284. The van der Waals surface area contributed by atoms with Crippen molar-refractivity contribution in [1.29, 1.82) is 0 Å². The minimum absolute atomic E-state index is 0.284. The second-order valence-electron chi connectivity index (χ2n) is 2.21. The Morgan fingerprint density at radius 3 is 2.08 bits per heavy atom. The van der Waals surface area contributed by atoms with Crippen LogP contribution in [0.4, 0.5) is 8.78 Å². The zero-order chi connectivity index (χ0) is 10.4. The largest absolute Gasteiger partial charge is 0.204 e. The Morgan fingerprint density at radius 1 is 1.15 bits per heavy atom. The highest BCUT2D eigenvalue weighted by Crippen LogP contribution is 2.19. The van der Waals surface area contributed by atoms with Gasteiger partial charge in [0.2, 0.25) is 0 Å². The molecule has 0 N–H and O–H groups in total. The van der Waals surface area contributed by atoms with Crippen molar-refractivity contribution < 1.29 is 8.78 Å². The number of benzene rings is 1. The molecule has 0 amide bonds. The highest BCUT2D eigenvalue weighted by atomic mass is 35.5. The van der Waals surface area contributed by atoms with Gasteiger partial charge in [-0.25, -0.2) is 8.78 Å². The predicted molar refractivity (Wildman–Crippen MR) is 52.1 cm³/mol. The lowest BCUT2D eigenvalue weighted by atomic mass is 10.1. The van der Waals surface area contributed by atoms with E-state index in [1.165, 1.54) is 0 Å². The Labute approximate surface area is 82.5 Å². The summed E-state index contributed by atoms with van der Waals surface area (Å²) in [6.07, 6.45) is 0.607. The third-order valence-corrected chi connectivity index (χ3v) is 1.82. The first-order valence-corrected chi connectivity index (χ1v) is 4.66. The van der Waals surface area contributed by atoms with E-state index in [0.717, 1.165) is 12.1 Å². The van der Waals surface area contributed by atoms with Crippen molar-refractivity contribution in [3.8, 4) is 0 Å². The first-order valence-electron chi connectivity index (χ1n) is 4.28. The Kier molecular flexibility index (Phi) is 5.63. The van der Waals surface area contributed by atoms with E-state index < -0.39 is 11.6 Å². The van der Waals surface area contributed by atoms with Crippen molar-refractivity contribution in [3.63, 3.8) is 0 Å². The maximum Gasteiger partial charge on any atom is 0.160 e. The van der Waals surface area contributed by atoms with Gasteiger partial charge in [-0.1, -0.05) is 32.4 Å². The summed E-state index contributed by atoms with van der Waals surface area (Å²) >= 11 is 5.59. The molecule has 0 bridgehead atoms. The van der Waals surface area contributed by atoms with Gasteiger partial charge in [-0.2, -0.15) is 0 Å². The number of aryl methyl sites for hydroxylation is 1. The summed E-state index contributed by atoms with van der Waals surface area (Å²) in [5.74, 6) is -1.74. The highest BCUT2D eigenvalue weighted by molar-refractivity contribution is 6.31. The SMILES string of the molecule is CC.CCc1cc(F)c(F)cc1Cl. The fourth-order valence-electron chi connectivity index (χ4n) is 0.835. The third-order valence-electron chi connectivity index (χ3n) is 1.47. The molecule has 3 heteroatoms. The fraction of sp³-hybridized carbons (Fsp3) is 0.400. The van der Waals surface area contributed by atoms with Crippen molar-refractivity contribution in [2.75, 3.05) is 0 Å². The number of rotatable bonds is 1. The second kappa shape index (κ2) is 5.92. The van der Waals surface area contributed by atoms with E-state index >= 15 is 0 Å². The van der Waals surface area contributed by atoms with Crippen molar-refractivity contribution >= 4 is 11.6 Å². The van der Waals surface area contributed by atoms with Crippen LogP contribution in [0.2, 0.25) is 5.02 Å². The molecule has 0 heterocycles. The summed E-state index contributed by atoms with van der Waals surface area (Å²) in [6.45, 7) is 5.83. The molecule has 0 nitrogen and oxygen atoms in total. The van der Waals surface area contributed by atoms with Gasteiger partial charge in [-0.3, -0.25) is 0 Å². The van der Waals surface area contributed by atoms with Gasteiger partial charge in [0.15, 0.2) is 11.6 Å². The Balaban J connectivity index is 0.000000671. The van der Waals surface area contributed by atoms with Gasteiger partial charge in [0, 0.05) is 5.02 Å². The standard InChI is InChI=1S/C8H7ClF2.C2H6/c1-2-5-3-7(10)8(11)4-6(5)9;1-2/h3-4H,2H2,1H3;1-2H3. The van der Waals surface area contributed by atoms with Crippen LogP contribution in [0.3, 0.4) is 0 Å². The molecule has 0 aliphatic carbocycles. The van der Waals surface area contributed by atoms with E-state index in [1.54, 1.807) is 0 Å². The molecule has 13 heavy (non-hydrogen) atoms. The van der Waals surface area contributed by atoms with Crippen molar-refractivity contribution in [3.05, 3.63) is 34.4 Å². The topological polar surface area (TPSA) is 0 Å². The number of hydrogen-bond donors (Lipinski definition) is 0. The van der Waals surface area contributed by atoms with Crippen LogP contribution in [-0.2, 0) is 6.42 Å². The first-order chi connectivity index (χ1) is 6.15. The molecule has 0 saturated carbocycles. The van der Waals surface area contributed by atoms with Crippen molar-refractivity contribution in [2.24, 2.45) is 0 Å². The average Bonchev–Trinajstić information content (AvgIpc) is 2.15. The first kappa shape index (κ1) is 12.4. The Hall–Kier alpha value is -0.630. The molecule has 1 rings (SSSR count). The van der Waals surface area contributed by atoms with Crippen LogP contribution in [0, 0.1) is 11.6 Å². The van der Waals surface area contributed by atoms with Crippen LogP contribution in [0.5, 0.6) is 0 Å². The molecule has 74 valence electrons. The van der Waals surface area contributed by atoms with Crippen molar-refractivity contribution in [1.82, 2.24) is 0 Å². The van der Waals surface area contributed by atoms with E-state index in [9.17, 15) is 8.78 Å². The van der Waals surface area contributed by atoms with E-state index in [2.05, 4.69) is 0 Å². The summed E-state index contributed by atoms with van der Waals surface area (Å²) in [4.78, 5) is 0. The lowest BCUT2D eigenvalue weighted by Gasteiger charge is -2.00. The minimum atomic E-state index is -0.896. The molecule has 0 aliphatic rings. The molecule has 0 fully saturated rings. The minimum Gasteiger partial charge on any atom is -0.204 e. The van der Waals surface area contributed by atoms with E-state index in [1.807, 2.05) is 20.8 Å². The monoisotopic (exact) mass is 206 g/mol. The van der Waals surface area contributed by atoms with Crippen molar-refractivity contribution in [2.45, 2.75) is 27.2 Å². The lowest BCUT2D eigenvalue weighted by Crippen LogP contribution is -1.89. The van der Waals surface area contributed by atoms with Crippen LogP contribution >= 0.6 is 11.6 Å². The number of hydrogen-bond acceptors (Lipinski definition) is 0. The zero-order valence-corrected chi connectivity index (χ0v) is 8.75. The molecular weight excluding hydrogens is 194 g/mol. The van der Waals surface area contributed by atoms with Gasteiger partial charge in [-0.15, -0.1) is 0 Å². The fourth-order valence-corrected chi connectivity index (χ4v) is 1.12. The molecule has 0 aliphatic heterocycles. The summed E-state index contributed by atoms with van der Waals surface area (Å²) in [6, 6.07) is 2.12. The smallest absolute Gasteiger partial charge is 0.160 e. The maximum absolute atomic E-state index is 12.5. The molecule has 0 atom stereocenters. The third kappa shape index (κ3) is 3.31. The maximum atomic E-state index is 12.5. The van der Waals surface area contributed by atoms with E-state index in [-0.39, 0.29) is 5.02 Å². The van der Waals surface area contributed by atoms with Crippen LogP contribution < -0.4 is 0 Å². The molecule has 0 unspecified atom stereocenters. The van der Waals surface area contributed by atoms with E-state index in [4.69, 9.17) is 11.6 Å². The molecule has 0 saturated heterocycles. The predicted octanol–water partition coefficient (Wildman–Crippen LogP) is 4.21. The normalized spacial score (nSPS) is 9.08. The Bertz CT molecular complexity index is 272. The Morgan fingerprint density at radius 2 is 1.62 bits per heavy atom. The average molecular weight is 207 g/mol. The molecule has 0 aromatic heterocycles. The zero-order valence-electron chi connectivity index (χ0n) is 8.00. The summed E-state index contributed by atoms with van der Waals surface area (Å²) in [5.41, 5.74) is 0.630. The van der Waals surface area contributed by atoms with Gasteiger partial charge >= 0.3 is 0 Å². The summed E-state index contributed by atoms with van der Waals surface area (Å²) in [7, 11) is 0. The number of halogens is 3.